The number of hydrogen-bond acceptors (Lipinski definition) is 4. The van der Waals surface area contributed by atoms with Gasteiger partial charge < -0.3 is 9.42 Å². The number of amides is 1. The molecule has 5 heteroatoms. The first-order chi connectivity index (χ1) is 9.40. The van der Waals surface area contributed by atoms with Crippen LogP contribution in [-0.2, 0) is 11.2 Å². The van der Waals surface area contributed by atoms with Gasteiger partial charge in [0, 0.05) is 31.2 Å². The highest BCUT2D eigenvalue weighted by Gasteiger charge is 2.29. The third-order valence-corrected chi connectivity index (χ3v) is 4.33. The summed E-state index contributed by atoms with van der Waals surface area (Å²) in [4.78, 5) is 16.8. The number of nitrogens with zero attached hydrogens (tertiary/aromatic N) is 3. The van der Waals surface area contributed by atoms with Crippen molar-refractivity contribution < 1.29 is 9.32 Å². The van der Waals surface area contributed by atoms with Crippen LogP contribution in [0.1, 0.15) is 30.9 Å². The van der Waals surface area contributed by atoms with E-state index in [0.717, 1.165) is 36.7 Å². The minimum Gasteiger partial charge on any atom is -0.361 e. The molecular weight excluding hydrogens is 254 g/mol. The Morgan fingerprint density at radius 3 is 2.65 bits per heavy atom. The lowest BCUT2D eigenvalue weighted by molar-refractivity contribution is -0.133. The molecule has 5 nitrogen and oxygen atoms in total. The maximum Gasteiger partial charge on any atom is 0.227 e. The van der Waals surface area contributed by atoms with E-state index in [0.29, 0.717) is 18.4 Å². The van der Waals surface area contributed by atoms with Gasteiger partial charge in [-0.3, -0.25) is 9.69 Å². The molecule has 0 spiro atoms. The number of likely N-dealkylation sites (N-methyl/N-ethyl adjacent to an activating group) is 1. The zero-order valence-electron chi connectivity index (χ0n) is 13.1. The normalized spacial score (nSPS) is 20.7. The molecule has 0 bridgehead atoms. The summed E-state index contributed by atoms with van der Waals surface area (Å²) in [6.07, 6.45) is 0.399. The first-order valence-corrected chi connectivity index (χ1v) is 7.30. The van der Waals surface area contributed by atoms with Crippen molar-refractivity contribution in [1.82, 2.24) is 15.0 Å². The third kappa shape index (κ3) is 3.03. The highest BCUT2D eigenvalue weighted by atomic mass is 16.5. The summed E-state index contributed by atoms with van der Waals surface area (Å²) >= 11 is 0. The van der Waals surface area contributed by atoms with E-state index < -0.39 is 0 Å². The Labute approximate surface area is 120 Å². The molecule has 0 aliphatic carbocycles. The molecule has 1 saturated heterocycles. The molecule has 20 heavy (non-hydrogen) atoms. The predicted octanol–water partition coefficient (Wildman–Crippen LogP) is 1.63. The quantitative estimate of drug-likeness (QED) is 0.844. The van der Waals surface area contributed by atoms with Crippen LogP contribution in [0, 0.1) is 19.8 Å². The lowest BCUT2D eigenvalue weighted by Crippen LogP contribution is -2.55. The van der Waals surface area contributed by atoms with E-state index in [1.165, 1.54) is 0 Å². The second kappa shape index (κ2) is 5.95. The van der Waals surface area contributed by atoms with Crippen molar-refractivity contribution in [3.8, 4) is 0 Å². The van der Waals surface area contributed by atoms with E-state index in [1.807, 2.05) is 18.7 Å². The van der Waals surface area contributed by atoms with Crippen LogP contribution in [0.2, 0.25) is 0 Å². The number of rotatable bonds is 3. The van der Waals surface area contributed by atoms with Gasteiger partial charge in [-0.05, 0) is 26.8 Å². The molecule has 2 rings (SSSR count). The third-order valence-electron chi connectivity index (χ3n) is 4.33. The fraction of sp³-hybridized carbons (Fsp3) is 0.733. The van der Waals surface area contributed by atoms with E-state index >= 15 is 0 Å². The van der Waals surface area contributed by atoms with Crippen molar-refractivity contribution in [3.05, 3.63) is 17.0 Å². The number of carbonyl (C=O) groups excluding carboxylic acids is 1. The molecule has 1 amide bonds. The Hall–Kier alpha value is -1.36. The molecule has 1 atom stereocenters. The van der Waals surface area contributed by atoms with Crippen LogP contribution in [0.5, 0.6) is 0 Å². The standard InChI is InChI=1S/C15H25N3O2/c1-10(2)14-9-18(7-6-17(14)5)15(19)8-13-11(3)16-20-12(13)4/h10,14H,6-9H2,1-5H3. The zero-order valence-corrected chi connectivity index (χ0v) is 13.1. The molecule has 2 heterocycles. The van der Waals surface area contributed by atoms with Crippen LogP contribution < -0.4 is 0 Å². The predicted molar refractivity (Wildman–Crippen MR) is 77.5 cm³/mol. The van der Waals surface area contributed by atoms with E-state index in [-0.39, 0.29) is 5.91 Å². The number of aryl methyl sites for hydroxylation is 2. The summed E-state index contributed by atoms with van der Waals surface area (Å²) in [6.45, 7) is 10.7. The van der Waals surface area contributed by atoms with E-state index in [2.05, 4.69) is 31.0 Å². The van der Waals surface area contributed by atoms with Crippen molar-refractivity contribution in [2.75, 3.05) is 26.7 Å². The second-order valence-electron chi connectivity index (χ2n) is 6.11. The molecule has 1 aliphatic heterocycles. The Balaban J connectivity index is 2.03. The van der Waals surface area contributed by atoms with E-state index in [1.54, 1.807) is 0 Å². The molecule has 1 aromatic rings. The van der Waals surface area contributed by atoms with Crippen molar-refractivity contribution in [3.63, 3.8) is 0 Å². The van der Waals surface area contributed by atoms with Gasteiger partial charge in [-0.1, -0.05) is 19.0 Å². The minimum absolute atomic E-state index is 0.179. The van der Waals surface area contributed by atoms with E-state index in [4.69, 9.17) is 4.52 Å². The molecule has 1 aliphatic rings. The summed E-state index contributed by atoms with van der Waals surface area (Å²) in [5, 5.41) is 3.92. The second-order valence-corrected chi connectivity index (χ2v) is 6.11. The lowest BCUT2D eigenvalue weighted by atomic mass is 9.99. The van der Waals surface area contributed by atoms with Crippen molar-refractivity contribution in [1.29, 1.82) is 0 Å². The van der Waals surface area contributed by atoms with Crippen LogP contribution >= 0.6 is 0 Å². The average Bonchev–Trinajstić information content (AvgIpc) is 2.70. The fourth-order valence-electron chi connectivity index (χ4n) is 2.86. The Kier molecular flexibility index (Phi) is 4.48. The maximum absolute atomic E-state index is 12.5. The Bertz CT molecular complexity index is 462. The molecule has 0 saturated carbocycles. The van der Waals surface area contributed by atoms with Gasteiger partial charge in [-0.25, -0.2) is 0 Å². The molecule has 112 valence electrons. The SMILES string of the molecule is Cc1noc(C)c1CC(=O)N1CCN(C)C(C(C)C)C1. The number of aromatic nitrogens is 1. The van der Waals surface area contributed by atoms with Crippen LogP contribution in [0.3, 0.4) is 0 Å². The molecule has 0 N–H and O–H groups in total. The maximum atomic E-state index is 12.5. The van der Waals surface area contributed by atoms with Gasteiger partial charge in [0.05, 0.1) is 12.1 Å². The topological polar surface area (TPSA) is 49.6 Å². The molecule has 1 unspecified atom stereocenters. The van der Waals surface area contributed by atoms with Gasteiger partial charge in [0.2, 0.25) is 5.91 Å². The Morgan fingerprint density at radius 1 is 1.40 bits per heavy atom. The van der Waals surface area contributed by atoms with Crippen LogP contribution in [0.15, 0.2) is 4.52 Å². The lowest BCUT2D eigenvalue weighted by Gasteiger charge is -2.41. The molecule has 0 radical (unpaired) electrons. The first kappa shape index (κ1) is 15.0. The monoisotopic (exact) mass is 279 g/mol. The van der Waals surface area contributed by atoms with E-state index in [9.17, 15) is 4.79 Å². The summed E-state index contributed by atoms with van der Waals surface area (Å²) < 4.78 is 5.13. The molecular formula is C15H25N3O2. The minimum atomic E-state index is 0.179. The largest absolute Gasteiger partial charge is 0.361 e. The average molecular weight is 279 g/mol. The van der Waals surface area contributed by atoms with Gasteiger partial charge in [0.1, 0.15) is 5.76 Å². The van der Waals surface area contributed by atoms with Gasteiger partial charge in [-0.2, -0.15) is 0 Å². The number of piperazine rings is 1. The van der Waals surface area contributed by atoms with Crippen molar-refractivity contribution in [2.45, 2.75) is 40.2 Å². The smallest absolute Gasteiger partial charge is 0.227 e. The highest BCUT2D eigenvalue weighted by molar-refractivity contribution is 5.79. The fourth-order valence-corrected chi connectivity index (χ4v) is 2.86. The number of carbonyl (C=O) groups is 1. The van der Waals surface area contributed by atoms with Gasteiger partial charge in [-0.15, -0.1) is 0 Å². The summed E-state index contributed by atoms with van der Waals surface area (Å²) in [5.74, 6) is 1.48. The first-order valence-electron chi connectivity index (χ1n) is 7.30. The van der Waals surface area contributed by atoms with Gasteiger partial charge in [0.15, 0.2) is 0 Å². The molecule has 1 aromatic heterocycles. The summed E-state index contributed by atoms with van der Waals surface area (Å²) in [6, 6.07) is 0.442. The molecule has 1 fully saturated rings. The van der Waals surface area contributed by atoms with Gasteiger partial charge in [0.25, 0.3) is 0 Å². The highest BCUT2D eigenvalue weighted by Crippen LogP contribution is 2.18. The van der Waals surface area contributed by atoms with Crippen molar-refractivity contribution >= 4 is 5.91 Å². The van der Waals surface area contributed by atoms with Crippen LogP contribution in [-0.4, -0.2) is 53.6 Å². The van der Waals surface area contributed by atoms with Crippen LogP contribution in [0.4, 0.5) is 0 Å². The molecule has 0 aromatic carbocycles. The summed E-state index contributed by atoms with van der Waals surface area (Å²) in [7, 11) is 2.14. The Morgan fingerprint density at radius 2 is 2.10 bits per heavy atom. The van der Waals surface area contributed by atoms with Gasteiger partial charge >= 0.3 is 0 Å². The summed E-state index contributed by atoms with van der Waals surface area (Å²) in [5.41, 5.74) is 1.76. The number of hydrogen-bond donors (Lipinski definition) is 0. The zero-order chi connectivity index (χ0) is 14.9. The van der Waals surface area contributed by atoms with Crippen molar-refractivity contribution in [2.24, 2.45) is 5.92 Å². The van der Waals surface area contributed by atoms with Crippen LogP contribution in [0.25, 0.3) is 0 Å².